The molecule has 0 aliphatic carbocycles. The lowest BCUT2D eigenvalue weighted by Gasteiger charge is -2.16. The van der Waals surface area contributed by atoms with Gasteiger partial charge in [-0.15, -0.1) is 0 Å². The topological polar surface area (TPSA) is 101 Å². The van der Waals surface area contributed by atoms with E-state index in [0.717, 1.165) is 7.11 Å². The van der Waals surface area contributed by atoms with Gasteiger partial charge in [-0.3, -0.25) is 9.59 Å². The number of pyridine rings is 1. The number of ketones is 1. The summed E-state index contributed by atoms with van der Waals surface area (Å²) in [6.45, 7) is 0. The quantitative estimate of drug-likeness (QED) is 0.639. The maximum Gasteiger partial charge on any atom is 0.471 e. The highest BCUT2D eigenvalue weighted by Crippen LogP contribution is 2.19. The molecular weight excluding hydrogens is 355 g/mol. The number of nitrogens with zero attached hydrogens (tertiary/aromatic N) is 2. The van der Waals surface area contributed by atoms with E-state index in [1.54, 1.807) is 18.2 Å². The minimum atomic E-state index is -5.22. The van der Waals surface area contributed by atoms with Crippen LogP contribution >= 0.6 is 0 Å². The Morgan fingerprint density at radius 3 is 2.62 bits per heavy atom. The number of hydrogen-bond donors (Lipinski definition) is 1. The number of methoxy groups -OCH3 is 1. The van der Waals surface area contributed by atoms with Crippen LogP contribution in [0.1, 0.15) is 22.5 Å². The number of Topliss-reactive ketones (excluding diaryl/α,β-unsaturated/α-hetero) is 1. The molecule has 136 valence electrons. The standard InChI is InChI=1S/C16H12F3N3O4/c1-26-14(24)10(21-15(25)16(17,18)19)7-13(23)12-6-9(8-20)11-4-2-3-5-22(11)12/h2-6,10H,7H2,1H3,(H,21,25)/t10-/m0/s1. The smallest absolute Gasteiger partial charge is 0.467 e. The Labute approximate surface area is 145 Å². The first-order valence-electron chi connectivity index (χ1n) is 7.18. The highest BCUT2D eigenvalue weighted by molar-refractivity contribution is 6.00. The lowest BCUT2D eigenvalue weighted by Crippen LogP contribution is -2.48. The lowest BCUT2D eigenvalue weighted by atomic mass is 10.1. The number of aromatic nitrogens is 1. The second-order valence-corrected chi connectivity index (χ2v) is 5.19. The fraction of sp³-hybridized carbons (Fsp3) is 0.250. The molecule has 1 N–H and O–H groups in total. The number of rotatable bonds is 5. The molecule has 2 heterocycles. The molecule has 0 bridgehead atoms. The number of halogens is 3. The van der Waals surface area contributed by atoms with E-state index in [1.165, 1.54) is 22.0 Å². The highest BCUT2D eigenvalue weighted by atomic mass is 19.4. The van der Waals surface area contributed by atoms with Crippen molar-refractivity contribution in [1.29, 1.82) is 5.26 Å². The van der Waals surface area contributed by atoms with E-state index in [2.05, 4.69) is 4.74 Å². The van der Waals surface area contributed by atoms with Crippen LogP contribution in [0.25, 0.3) is 5.52 Å². The van der Waals surface area contributed by atoms with Crippen LogP contribution in [0, 0.1) is 11.3 Å². The normalized spacial score (nSPS) is 12.3. The number of nitrogens with one attached hydrogen (secondary N) is 1. The molecule has 0 saturated carbocycles. The van der Waals surface area contributed by atoms with E-state index >= 15 is 0 Å². The molecule has 0 aromatic carbocycles. The Kier molecular flexibility index (Phi) is 5.30. The SMILES string of the molecule is COC(=O)[C@H](CC(=O)c1cc(C#N)c2ccccn12)NC(=O)C(F)(F)F. The van der Waals surface area contributed by atoms with E-state index in [4.69, 9.17) is 5.26 Å². The van der Waals surface area contributed by atoms with Gasteiger partial charge < -0.3 is 14.5 Å². The van der Waals surface area contributed by atoms with Gasteiger partial charge in [-0.2, -0.15) is 18.4 Å². The first-order chi connectivity index (χ1) is 12.2. The molecule has 2 aromatic rings. The number of carbonyl (C=O) groups is 3. The Morgan fingerprint density at radius 2 is 2.04 bits per heavy atom. The number of amides is 1. The van der Waals surface area contributed by atoms with Crippen LogP contribution in [0.2, 0.25) is 0 Å². The zero-order valence-corrected chi connectivity index (χ0v) is 13.3. The molecule has 0 radical (unpaired) electrons. The molecule has 0 fully saturated rings. The molecule has 2 rings (SSSR count). The van der Waals surface area contributed by atoms with Gasteiger partial charge in [0.2, 0.25) is 0 Å². The van der Waals surface area contributed by atoms with Gasteiger partial charge in [0.05, 0.1) is 23.9 Å². The molecule has 0 spiro atoms. The summed E-state index contributed by atoms with van der Waals surface area (Å²) in [4.78, 5) is 35.2. The Hall–Kier alpha value is -3.35. The van der Waals surface area contributed by atoms with E-state index < -0.39 is 36.3 Å². The number of nitriles is 1. The Bertz CT molecular complexity index is 912. The van der Waals surface area contributed by atoms with Crippen LogP contribution in [0.15, 0.2) is 30.5 Å². The number of esters is 1. The molecule has 10 heteroatoms. The largest absolute Gasteiger partial charge is 0.471 e. The average molecular weight is 367 g/mol. The minimum Gasteiger partial charge on any atom is -0.467 e. The maximum absolute atomic E-state index is 12.5. The summed E-state index contributed by atoms with van der Waals surface area (Å²) >= 11 is 0. The van der Waals surface area contributed by atoms with Gasteiger partial charge in [0.25, 0.3) is 0 Å². The molecule has 7 nitrogen and oxygen atoms in total. The van der Waals surface area contributed by atoms with Crippen molar-refractivity contribution in [3.63, 3.8) is 0 Å². The summed E-state index contributed by atoms with van der Waals surface area (Å²) in [6.07, 6.45) is -4.49. The third-order valence-corrected chi connectivity index (χ3v) is 3.52. The minimum absolute atomic E-state index is 0.00712. The molecule has 1 amide bonds. The van der Waals surface area contributed by atoms with Crippen LogP contribution < -0.4 is 5.32 Å². The zero-order chi connectivity index (χ0) is 19.5. The maximum atomic E-state index is 12.5. The monoisotopic (exact) mass is 367 g/mol. The number of fused-ring (bicyclic) bond motifs is 1. The number of hydrogen-bond acceptors (Lipinski definition) is 5. The summed E-state index contributed by atoms with van der Waals surface area (Å²) in [6, 6.07) is 6.16. The molecule has 0 aliphatic rings. The van der Waals surface area contributed by atoms with Gasteiger partial charge in [-0.05, 0) is 18.2 Å². The van der Waals surface area contributed by atoms with Gasteiger partial charge in [0.1, 0.15) is 12.1 Å². The second kappa shape index (κ2) is 7.26. The summed E-state index contributed by atoms with van der Waals surface area (Å²) in [5.41, 5.74) is 0.600. The first kappa shape index (κ1) is 19.0. The first-order valence-corrected chi connectivity index (χ1v) is 7.18. The Morgan fingerprint density at radius 1 is 1.35 bits per heavy atom. The van der Waals surface area contributed by atoms with Crippen molar-refractivity contribution in [2.75, 3.05) is 7.11 Å². The van der Waals surface area contributed by atoms with Gasteiger partial charge in [0, 0.05) is 12.6 Å². The molecule has 0 saturated heterocycles. The van der Waals surface area contributed by atoms with Crippen molar-refractivity contribution in [1.82, 2.24) is 9.72 Å². The Balaban J connectivity index is 2.32. The van der Waals surface area contributed by atoms with Gasteiger partial charge >= 0.3 is 18.1 Å². The predicted molar refractivity (Wildman–Crippen MR) is 81.1 cm³/mol. The summed E-state index contributed by atoms with van der Waals surface area (Å²) in [5, 5.41) is 10.6. The van der Waals surface area contributed by atoms with Crippen molar-refractivity contribution < 1.29 is 32.3 Å². The number of ether oxygens (including phenoxy) is 1. The van der Waals surface area contributed by atoms with Crippen LogP contribution in [-0.2, 0) is 14.3 Å². The summed E-state index contributed by atoms with van der Waals surface area (Å²) in [7, 11) is 0.917. The molecule has 2 aromatic heterocycles. The third-order valence-electron chi connectivity index (χ3n) is 3.52. The predicted octanol–water partition coefficient (Wildman–Crippen LogP) is 1.60. The van der Waals surface area contributed by atoms with E-state index in [1.807, 2.05) is 6.07 Å². The molecule has 0 unspecified atom stereocenters. The molecule has 1 atom stereocenters. The van der Waals surface area contributed by atoms with Crippen LogP contribution in [0.4, 0.5) is 13.2 Å². The fourth-order valence-corrected chi connectivity index (χ4v) is 2.32. The van der Waals surface area contributed by atoms with Crippen molar-refractivity contribution in [2.24, 2.45) is 0 Å². The van der Waals surface area contributed by atoms with Crippen LogP contribution in [-0.4, -0.2) is 41.4 Å². The van der Waals surface area contributed by atoms with Gasteiger partial charge in [0.15, 0.2) is 5.78 Å². The van der Waals surface area contributed by atoms with Crippen LogP contribution in [0.3, 0.4) is 0 Å². The molecule has 0 aliphatic heterocycles. The van der Waals surface area contributed by atoms with Gasteiger partial charge in [-0.25, -0.2) is 4.79 Å². The van der Waals surface area contributed by atoms with Crippen LogP contribution in [0.5, 0.6) is 0 Å². The average Bonchev–Trinajstić information content (AvgIpc) is 2.98. The van der Waals surface area contributed by atoms with E-state index in [-0.39, 0.29) is 11.3 Å². The number of carbonyl (C=O) groups excluding carboxylic acids is 3. The molecule has 26 heavy (non-hydrogen) atoms. The third kappa shape index (κ3) is 3.83. The lowest BCUT2D eigenvalue weighted by molar-refractivity contribution is -0.175. The summed E-state index contributed by atoms with van der Waals surface area (Å²) < 4.78 is 42.9. The van der Waals surface area contributed by atoms with E-state index in [9.17, 15) is 27.6 Å². The van der Waals surface area contributed by atoms with Crippen molar-refractivity contribution in [2.45, 2.75) is 18.6 Å². The zero-order valence-electron chi connectivity index (χ0n) is 13.3. The van der Waals surface area contributed by atoms with Crippen molar-refractivity contribution >= 4 is 23.2 Å². The van der Waals surface area contributed by atoms with Crippen molar-refractivity contribution in [3.05, 3.63) is 41.7 Å². The molecular formula is C16H12F3N3O4. The summed E-state index contributed by atoms with van der Waals surface area (Å²) in [5.74, 6) is -4.30. The van der Waals surface area contributed by atoms with Gasteiger partial charge in [-0.1, -0.05) is 6.07 Å². The van der Waals surface area contributed by atoms with Crippen molar-refractivity contribution in [3.8, 4) is 6.07 Å². The van der Waals surface area contributed by atoms with E-state index in [0.29, 0.717) is 5.52 Å². The fourth-order valence-electron chi connectivity index (χ4n) is 2.32. The number of alkyl halides is 3. The highest BCUT2D eigenvalue weighted by Gasteiger charge is 2.41. The second-order valence-electron chi connectivity index (χ2n) is 5.19.